The van der Waals surface area contributed by atoms with E-state index in [0.717, 1.165) is 17.1 Å². The van der Waals surface area contributed by atoms with Gasteiger partial charge in [0.15, 0.2) is 6.04 Å². The number of hydrogen-bond donors (Lipinski definition) is 1. The van der Waals surface area contributed by atoms with Crippen LogP contribution in [0, 0.1) is 6.92 Å². The van der Waals surface area contributed by atoms with Crippen LogP contribution in [0.3, 0.4) is 0 Å². The molecule has 0 bridgehead atoms. The molecule has 1 aromatic carbocycles. The molecule has 1 aliphatic heterocycles. The van der Waals surface area contributed by atoms with Crippen molar-refractivity contribution in [2.45, 2.75) is 32.2 Å². The van der Waals surface area contributed by atoms with Crippen LogP contribution in [0.15, 0.2) is 40.8 Å². The van der Waals surface area contributed by atoms with Crippen LogP contribution in [-0.4, -0.2) is 28.4 Å². The van der Waals surface area contributed by atoms with Crippen molar-refractivity contribution in [1.82, 2.24) is 4.90 Å². The fourth-order valence-corrected chi connectivity index (χ4v) is 3.09. The maximum Gasteiger partial charge on any atom is 0.331 e. The Morgan fingerprint density at radius 2 is 2.04 bits per heavy atom. The number of benzene rings is 1. The number of furan rings is 1. The minimum Gasteiger partial charge on any atom is -0.479 e. The van der Waals surface area contributed by atoms with Gasteiger partial charge in [0.1, 0.15) is 11.5 Å². The van der Waals surface area contributed by atoms with Gasteiger partial charge in [0.05, 0.1) is 0 Å². The number of aryl methyl sites for hydroxylation is 2. The van der Waals surface area contributed by atoms with E-state index in [1.54, 1.807) is 6.07 Å². The number of carboxylic acids is 1. The summed E-state index contributed by atoms with van der Waals surface area (Å²) in [7, 11) is 0. The molecule has 23 heavy (non-hydrogen) atoms. The first kappa shape index (κ1) is 15.3. The average molecular weight is 313 g/mol. The third-order valence-corrected chi connectivity index (χ3v) is 4.22. The van der Waals surface area contributed by atoms with Gasteiger partial charge >= 0.3 is 5.97 Å². The number of carbonyl (C=O) groups excluding carboxylic acids is 1. The molecule has 0 spiro atoms. The number of aliphatic carboxylic acids is 1. The average Bonchev–Trinajstić information content (AvgIpc) is 2.96. The van der Waals surface area contributed by atoms with Gasteiger partial charge in [-0.1, -0.05) is 24.3 Å². The molecule has 5 nitrogen and oxygen atoms in total. The van der Waals surface area contributed by atoms with E-state index >= 15 is 0 Å². The molecule has 1 atom stereocenters. The van der Waals surface area contributed by atoms with Gasteiger partial charge in [0.25, 0.3) is 0 Å². The number of rotatable bonds is 4. The SMILES string of the molecule is Cc1ccc(CCC(=O)N2CCc3ccccc3C2C(=O)O)o1. The Balaban J connectivity index is 1.76. The predicted octanol–water partition coefficient (Wildman–Crippen LogP) is 2.73. The second-order valence-corrected chi connectivity index (χ2v) is 5.79. The summed E-state index contributed by atoms with van der Waals surface area (Å²) < 4.78 is 5.46. The van der Waals surface area contributed by atoms with E-state index in [1.165, 1.54) is 4.90 Å². The lowest BCUT2D eigenvalue weighted by atomic mass is 9.92. The molecule has 1 unspecified atom stereocenters. The smallest absolute Gasteiger partial charge is 0.331 e. The second kappa shape index (κ2) is 6.28. The third-order valence-electron chi connectivity index (χ3n) is 4.22. The summed E-state index contributed by atoms with van der Waals surface area (Å²) in [5, 5.41) is 9.58. The topological polar surface area (TPSA) is 70.8 Å². The third kappa shape index (κ3) is 3.13. The van der Waals surface area contributed by atoms with Gasteiger partial charge in [-0.15, -0.1) is 0 Å². The summed E-state index contributed by atoms with van der Waals surface area (Å²) >= 11 is 0. The van der Waals surface area contributed by atoms with Crippen molar-refractivity contribution in [3.63, 3.8) is 0 Å². The lowest BCUT2D eigenvalue weighted by Crippen LogP contribution is -2.43. The summed E-state index contributed by atoms with van der Waals surface area (Å²) in [4.78, 5) is 25.7. The van der Waals surface area contributed by atoms with Gasteiger partial charge in [-0.05, 0) is 36.6 Å². The van der Waals surface area contributed by atoms with Gasteiger partial charge < -0.3 is 14.4 Å². The molecule has 5 heteroatoms. The van der Waals surface area contributed by atoms with Gasteiger partial charge in [-0.2, -0.15) is 0 Å². The van der Waals surface area contributed by atoms with Crippen LogP contribution >= 0.6 is 0 Å². The first-order valence-electron chi connectivity index (χ1n) is 7.71. The van der Waals surface area contributed by atoms with Gasteiger partial charge in [-0.3, -0.25) is 4.79 Å². The highest BCUT2D eigenvalue weighted by molar-refractivity contribution is 5.85. The molecule has 1 N–H and O–H groups in total. The highest BCUT2D eigenvalue weighted by Crippen LogP contribution is 2.30. The first-order chi connectivity index (χ1) is 11.1. The first-order valence-corrected chi connectivity index (χ1v) is 7.71. The Bertz CT molecular complexity index is 734. The molecule has 0 radical (unpaired) electrons. The van der Waals surface area contributed by atoms with Crippen molar-refractivity contribution in [1.29, 1.82) is 0 Å². The fraction of sp³-hybridized carbons (Fsp3) is 0.333. The molecule has 2 aromatic rings. The van der Waals surface area contributed by atoms with Crippen LogP contribution in [-0.2, 0) is 22.4 Å². The number of nitrogens with zero attached hydrogens (tertiary/aromatic N) is 1. The highest BCUT2D eigenvalue weighted by Gasteiger charge is 2.35. The van der Waals surface area contributed by atoms with Crippen molar-refractivity contribution >= 4 is 11.9 Å². The van der Waals surface area contributed by atoms with Crippen LogP contribution < -0.4 is 0 Å². The maximum atomic E-state index is 12.5. The van der Waals surface area contributed by atoms with Gasteiger partial charge in [-0.25, -0.2) is 4.79 Å². The van der Waals surface area contributed by atoms with Crippen LogP contribution in [0.2, 0.25) is 0 Å². The van der Waals surface area contributed by atoms with E-state index in [-0.39, 0.29) is 12.3 Å². The molecule has 0 saturated carbocycles. The molecule has 1 aromatic heterocycles. The fourth-order valence-electron chi connectivity index (χ4n) is 3.09. The molecular formula is C18H19NO4. The molecule has 0 aliphatic carbocycles. The van der Waals surface area contributed by atoms with Crippen LogP contribution in [0.25, 0.3) is 0 Å². The molecule has 3 rings (SSSR count). The van der Waals surface area contributed by atoms with E-state index in [2.05, 4.69) is 0 Å². The summed E-state index contributed by atoms with van der Waals surface area (Å²) in [5.74, 6) is 0.420. The monoisotopic (exact) mass is 313 g/mol. The minimum atomic E-state index is -0.987. The summed E-state index contributed by atoms with van der Waals surface area (Å²) in [6, 6.07) is 10.2. The molecule has 0 saturated heterocycles. The van der Waals surface area contributed by atoms with Crippen LogP contribution in [0.5, 0.6) is 0 Å². The quantitative estimate of drug-likeness (QED) is 0.942. The molecule has 1 aliphatic rings. The Labute approximate surface area is 134 Å². The second-order valence-electron chi connectivity index (χ2n) is 5.79. The Hall–Kier alpha value is -2.56. The zero-order valence-corrected chi connectivity index (χ0v) is 13.0. The van der Waals surface area contributed by atoms with Crippen molar-refractivity contribution in [3.05, 3.63) is 59.0 Å². The van der Waals surface area contributed by atoms with Crippen molar-refractivity contribution in [2.24, 2.45) is 0 Å². The number of amides is 1. The standard InChI is InChI=1S/C18H19NO4/c1-12-6-7-14(23-12)8-9-16(20)19-11-10-13-4-2-3-5-15(13)17(19)18(21)22/h2-7,17H,8-11H2,1H3,(H,21,22). The van der Waals surface area contributed by atoms with Crippen LogP contribution in [0.4, 0.5) is 0 Å². The van der Waals surface area contributed by atoms with E-state index in [1.807, 2.05) is 37.3 Å². The number of carboxylic acid groups (broad SMARTS) is 1. The highest BCUT2D eigenvalue weighted by atomic mass is 16.4. The van der Waals surface area contributed by atoms with Crippen molar-refractivity contribution < 1.29 is 19.1 Å². The van der Waals surface area contributed by atoms with E-state index in [4.69, 9.17) is 4.42 Å². The zero-order valence-electron chi connectivity index (χ0n) is 13.0. The van der Waals surface area contributed by atoms with Gasteiger partial charge in [0.2, 0.25) is 5.91 Å². The summed E-state index contributed by atoms with van der Waals surface area (Å²) in [5.41, 5.74) is 1.72. The summed E-state index contributed by atoms with van der Waals surface area (Å²) in [6.07, 6.45) is 1.42. The van der Waals surface area contributed by atoms with E-state index in [0.29, 0.717) is 24.9 Å². The Morgan fingerprint density at radius 3 is 2.74 bits per heavy atom. The largest absolute Gasteiger partial charge is 0.479 e. The van der Waals surface area contributed by atoms with Crippen molar-refractivity contribution in [3.8, 4) is 0 Å². The molecule has 2 heterocycles. The normalized spacial score (nSPS) is 16.9. The lowest BCUT2D eigenvalue weighted by Gasteiger charge is -2.34. The number of fused-ring (bicyclic) bond motifs is 1. The molecule has 0 fully saturated rings. The Morgan fingerprint density at radius 1 is 1.26 bits per heavy atom. The number of hydrogen-bond acceptors (Lipinski definition) is 3. The summed E-state index contributed by atoms with van der Waals surface area (Å²) in [6.45, 7) is 2.29. The predicted molar refractivity (Wildman–Crippen MR) is 84.0 cm³/mol. The molecule has 1 amide bonds. The minimum absolute atomic E-state index is 0.152. The molecular weight excluding hydrogens is 294 g/mol. The number of carbonyl (C=O) groups is 2. The van der Waals surface area contributed by atoms with E-state index < -0.39 is 12.0 Å². The van der Waals surface area contributed by atoms with Crippen molar-refractivity contribution in [2.75, 3.05) is 6.54 Å². The zero-order chi connectivity index (χ0) is 16.4. The Kier molecular flexibility index (Phi) is 4.19. The van der Waals surface area contributed by atoms with E-state index in [9.17, 15) is 14.7 Å². The lowest BCUT2D eigenvalue weighted by molar-refractivity contribution is -0.151. The van der Waals surface area contributed by atoms with Gasteiger partial charge in [0, 0.05) is 19.4 Å². The molecule has 120 valence electrons. The maximum absolute atomic E-state index is 12.5. The van der Waals surface area contributed by atoms with Crippen LogP contribution in [0.1, 0.15) is 35.1 Å².